The molecule has 8 rings (SSSR count). The Morgan fingerprint density at radius 3 is 2.38 bits per heavy atom. The number of hydrogen-bond acceptors (Lipinski definition) is 13. The number of esters is 1. The van der Waals surface area contributed by atoms with Crippen LogP contribution in [-0.4, -0.2) is 116 Å². The number of nitrogens with one attached hydrogen (secondary N) is 2. The highest BCUT2D eigenvalue weighted by atomic mass is 16.6. The average molecular weight is 892 g/mol. The summed E-state index contributed by atoms with van der Waals surface area (Å²) in [6, 6.07) is 14.5. The number of ether oxygens (including phenoxy) is 1. The molecule has 1 fully saturated rings. The van der Waals surface area contributed by atoms with E-state index in [1.165, 1.54) is 12.2 Å². The molecular weight excluding hydrogens is 839 g/mol. The standard InChI is InChI=1S/C46H51N7O9.CH2O2/c1-5-46(61)35-22-37-42-29(23-52(37)44(59)34(35)26-62-45(46)60)21-32-33(38(54)13-12-36(32)49-42)24-50-19-16-31(17-20-50)53(3,4)25-28-8-10-30(11-9-28)48-43(58)27(2)47-39(55)7-6-18-51-40(56)14-15-41(51)57;2-1-3/h8-15,21-22,27,31,61H,5-7,16-20,23-26H2,1-4H3,(H2-,47,48,54,55,58,59);1H,(H,2,3)/t27-,46-;/m0./s1. The van der Waals surface area contributed by atoms with Gasteiger partial charge in [0.05, 0.1) is 49.1 Å². The molecule has 2 aromatic heterocycles. The number of carboxylic acid groups (broad SMARTS) is 1. The SMILES string of the molecule is CC[C@@]1(O)C(=O)OCc2c1cc1n(c2=O)Cc2cc3c(CN4CCC([N+](C)(C)Cc5ccc(NC(=O)[C@H](C)NC(=O)CCCN6C(=O)C=CC6=O)cc5)CC4)c(O)ccc3nc2-1.O=C[O-]. The average Bonchev–Trinajstić information content (AvgIpc) is 3.81. The van der Waals surface area contributed by atoms with Crippen molar-refractivity contribution < 1.29 is 53.3 Å². The molecule has 1 saturated heterocycles. The van der Waals surface area contributed by atoms with Gasteiger partial charge in [0, 0.05) is 97.4 Å². The third kappa shape index (κ3) is 9.41. The number of fused-ring (bicyclic) bond motifs is 5. The van der Waals surface area contributed by atoms with Crippen LogP contribution in [0.2, 0.25) is 0 Å². The van der Waals surface area contributed by atoms with E-state index < -0.39 is 35.9 Å². The number of carbonyl (C=O) groups is 6. The normalized spacial score (nSPS) is 18.6. The minimum absolute atomic E-state index is 0.0667. The van der Waals surface area contributed by atoms with Gasteiger partial charge < -0.3 is 44.5 Å². The number of carbonyl (C=O) groups excluding carboxylic acids is 6. The van der Waals surface area contributed by atoms with E-state index in [-0.39, 0.29) is 66.8 Å². The summed E-state index contributed by atoms with van der Waals surface area (Å²) in [6.45, 7) is 5.99. The lowest BCUT2D eigenvalue weighted by Gasteiger charge is -2.43. The van der Waals surface area contributed by atoms with Gasteiger partial charge in [-0.05, 0) is 56.2 Å². The molecule has 0 spiro atoms. The van der Waals surface area contributed by atoms with E-state index in [1.807, 2.05) is 30.3 Å². The maximum atomic E-state index is 13.7. The van der Waals surface area contributed by atoms with Crippen molar-refractivity contribution in [2.24, 2.45) is 0 Å². The number of phenolic OH excluding ortho intramolecular Hbond substituents is 1. The molecule has 0 unspecified atom stereocenters. The highest BCUT2D eigenvalue weighted by molar-refractivity contribution is 6.12. The Morgan fingerprint density at radius 2 is 1.72 bits per heavy atom. The number of anilines is 1. The molecule has 4 amide bonds. The number of amides is 4. The summed E-state index contributed by atoms with van der Waals surface area (Å²) in [4.78, 5) is 91.6. The second-order valence-electron chi connectivity index (χ2n) is 17.5. The predicted molar refractivity (Wildman–Crippen MR) is 234 cm³/mol. The molecule has 18 nitrogen and oxygen atoms in total. The Balaban J connectivity index is 0.00000204. The van der Waals surface area contributed by atoms with Gasteiger partial charge in [0.2, 0.25) is 11.8 Å². The number of imide groups is 1. The molecule has 65 heavy (non-hydrogen) atoms. The number of aromatic nitrogens is 2. The monoisotopic (exact) mass is 891 g/mol. The second kappa shape index (κ2) is 18.8. The van der Waals surface area contributed by atoms with Gasteiger partial charge in [-0.3, -0.25) is 33.8 Å². The predicted octanol–water partition coefficient (Wildman–Crippen LogP) is 1.54. The molecule has 342 valence electrons. The van der Waals surface area contributed by atoms with Crippen LogP contribution in [0.15, 0.2) is 65.5 Å². The zero-order valence-electron chi connectivity index (χ0n) is 36.8. The first kappa shape index (κ1) is 46.2. The fraction of sp³-hybridized carbons (Fsp3) is 0.404. The van der Waals surface area contributed by atoms with Gasteiger partial charge in [-0.15, -0.1) is 0 Å². The van der Waals surface area contributed by atoms with E-state index in [9.17, 15) is 39.0 Å². The van der Waals surface area contributed by atoms with E-state index in [1.54, 1.807) is 36.6 Å². The highest BCUT2D eigenvalue weighted by Crippen LogP contribution is 2.40. The van der Waals surface area contributed by atoms with Gasteiger partial charge >= 0.3 is 5.97 Å². The van der Waals surface area contributed by atoms with Crippen LogP contribution in [0.25, 0.3) is 22.3 Å². The summed E-state index contributed by atoms with van der Waals surface area (Å²) < 4.78 is 7.59. The number of benzene rings is 2. The van der Waals surface area contributed by atoms with Crippen molar-refractivity contribution in [3.8, 4) is 17.1 Å². The Kier molecular flexibility index (Phi) is 13.3. The number of aromatic hydroxyl groups is 1. The molecule has 0 aliphatic carbocycles. The van der Waals surface area contributed by atoms with Crippen LogP contribution in [0.3, 0.4) is 0 Å². The van der Waals surface area contributed by atoms with Crippen molar-refractivity contribution in [1.82, 2.24) is 24.7 Å². The summed E-state index contributed by atoms with van der Waals surface area (Å²) in [6.07, 6.45) is 4.75. The maximum Gasteiger partial charge on any atom is 0.343 e. The zero-order valence-corrected chi connectivity index (χ0v) is 36.8. The Morgan fingerprint density at radius 1 is 1.05 bits per heavy atom. The number of aliphatic hydroxyl groups is 1. The Hall–Kier alpha value is -6.76. The van der Waals surface area contributed by atoms with Crippen LogP contribution in [0.5, 0.6) is 5.75 Å². The van der Waals surface area contributed by atoms with Crippen molar-refractivity contribution in [3.05, 3.63) is 98.9 Å². The molecule has 6 heterocycles. The molecule has 0 radical (unpaired) electrons. The van der Waals surface area contributed by atoms with E-state index in [4.69, 9.17) is 19.6 Å². The number of phenols is 1. The van der Waals surface area contributed by atoms with Crippen LogP contribution in [-0.2, 0) is 65.3 Å². The number of hydrogen-bond donors (Lipinski definition) is 4. The number of pyridine rings is 2. The largest absolute Gasteiger partial charge is 0.554 e. The van der Waals surface area contributed by atoms with Gasteiger partial charge in [0.15, 0.2) is 5.60 Å². The number of cyclic esters (lactones) is 1. The molecule has 2 atom stereocenters. The van der Waals surface area contributed by atoms with Gasteiger partial charge in [0.1, 0.15) is 24.9 Å². The van der Waals surface area contributed by atoms with E-state index in [0.29, 0.717) is 41.6 Å². The van der Waals surface area contributed by atoms with Gasteiger partial charge in [-0.1, -0.05) is 19.1 Å². The molecule has 4 aliphatic heterocycles. The van der Waals surface area contributed by atoms with Crippen molar-refractivity contribution in [1.29, 1.82) is 0 Å². The van der Waals surface area contributed by atoms with Gasteiger partial charge in [-0.2, -0.15) is 0 Å². The minimum atomic E-state index is -1.90. The lowest BCUT2D eigenvalue weighted by atomic mass is 9.86. The number of nitrogens with zero attached hydrogens (tertiary/aromatic N) is 5. The summed E-state index contributed by atoms with van der Waals surface area (Å²) in [7, 11) is 4.46. The summed E-state index contributed by atoms with van der Waals surface area (Å²) in [5.41, 5.74) is 3.50. The summed E-state index contributed by atoms with van der Waals surface area (Å²) in [5, 5.41) is 37.0. The third-order valence-corrected chi connectivity index (χ3v) is 13.0. The third-order valence-electron chi connectivity index (χ3n) is 13.0. The molecule has 4 aliphatic rings. The van der Waals surface area contributed by atoms with Crippen molar-refractivity contribution in [2.45, 2.75) is 89.9 Å². The molecule has 0 saturated carbocycles. The molecule has 4 N–H and O–H groups in total. The first-order chi connectivity index (χ1) is 31.0. The van der Waals surface area contributed by atoms with Crippen molar-refractivity contribution >= 4 is 52.7 Å². The lowest BCUT2D eigenvalue weighted by Crippen LogP contribution is -2.53. The number of quaternary nitrogens is 1. The van der Waals surface area contributed by atoms with Crippen molar-refractivity contribution in [3.63, 3.8) is 0 Å². The summed E-state index contributed by atoms with van der Waals surface area (Å²) in [5.74, 6) is -2.06. The minimum Gasteiger partial charge on any atom is -0.554 e. The number of rotatable bonds is 13. The van der Waals surface area contributed by atoms with Gasteiger partial charge in [-0.25, -0.2) is 9.78 Å². The van der Waals surface area contributed by atoms with Crippen molar-refractivity contribution in [2.75, 3.05) is 39.0 Å². The first-order valence-corrected chi connectivity index (χ1v) is 21.6. The van der Waals surface area contributed by atoms with Crippen LogP contribution < -0.4 is 21.3 Å². The highest BCUT2D eigenvalue weighted by Gasteiger charge is 2.45. The summed E-state index contributed by atoms with van der Waals surface area (Å²) >= 11 is 0. The topological polar surface area (TPSA) is 241 Å². The lowest BCUT2D eigenvalue weighted by molar-refractivity contribution is -0.929. The maximum absolute atomic E-state index is 13.7. The van der Waals surface area contributed by atoms with Crippen LogP contribution in [0.1, 0.15) is 73.8 Å². The van der Waals surface area contributed by atoms with Crippen LogP contribution in [0, 0.1) is 0 Å². The van der Waals surface area contributed by atoms with E-state index >= 15 is 0 Å². The quantitative estimate of drug-likeness (QED) is 0.0569. The fourth-order valence-corrected chi connectivity index (χ4v) is 9.24. The van der Waals surface area contributed by atoms with Crippen LogP contribution >= 0.6 is 0 Å². The molecule has 2 aromatic carbocycles. The zero-order chi connectivity index (χ0) is 46.8. The molecular formula is C47H53N7O11. The Labute approximate surface area is 374 Å². The first-order valence-electron chi connectivity index (χ1n) is 21.6. The number of piperidine rings is 1. The molecule has 4 aromatic rings. The van der Waals surface area contributed by atoms with E-state index in [2.05, 4.69) is 29.6 Å². The molecule has 18 heteroatoms. The second-order valence-corrected chi connectivity index (χ2v) is 17.5. The van der Waals surface area contributed by atoms with E-state index in [0.717, 1.165) is 63.9 Å². The number of likely N-dealkylation sites (tertiary alicyclic amines) is 1. The smallest absolute Gasteiger partial charge is 0.343 e. The van der Waals surface area contributed by atoms with Crippen LogP contribution in [0.4, 0.5) is 5.69 Å². The van der Waals surface area contributed by atoms with Gasteiger partial charge in [0.25, 0.3) is 17.4 Å². The fourth-order valence-electron chi connectivity index (χ4n) is 9.24. The Bertz CT molecular complexity index is 2630. The molecule has 0 bridgehead atoms.